The molecule has 32 heavy (non-hydrogen) atoms. The van der Waals surface area contributed by atoms with Gasteiger partial charge in [0.15, 0.2) is 0 Å². The van der Waals surface area contributed by atoms with Gasteiger partial charge in [-0.15, -0.1) is 0 Å². The number of hydrogen-bond acceptors (Lipinski definition) is 3. The third-order valence-electron chi connectivity index (χ3n) is 7.50. The number of para-hydroxylation sites is 1. The molecule has 5 rings (SSSR count). The highest BCUT2D eigenvalue weighted by atomic mass is 16.2. The summed E-state index contributed by atoms with van der Waals surface area (Å²) in [5, 5.41) is 0. The van der Waals surface area contributed by atoms with Crippen molar-refractivity contribution in [2.45, 2.75) is 44.6 Å². The Morgan fingerprint density at radius 1 is 0.875 bits per heavy atom. The van der Waals surface area contributed by atoms with Gasteiger partial charge >= 0.3 is 0 Å². The van der Waals surface area contributed by atoms with Gasteiger partial charge in [-0.1, -0.05) is 55.0 Å². The minimum absolute atomic E-state index is 0.199. The maximum absolute atomic E-state index is 13.3. The summed E-state index contributed by atoms with van der Waals surface area (Å²) in [5.74, 6) is 0.933. The van der Waals surface area contributed by atoms with Crippen LogP contribution in [0.25, 0.3) is 0 Å². The first-order chi connectivity index (χ1) is 15.7. The molecule has 0 spiro atoms. The maximum atomic E-state index is 13.3. The first kappa shape index (κ1) is 21.2. The quantitative estimate of drug-likeness (QED) is 0.728. The van der Waals surface area contributed by atoms with Crippen molar-refractivity contribution < 1.29 is 9.59 Å². The highest BCUT2D eigenvalue weighted by molar-refractivity contribution is 5.96. The lowest BCUT2D eigenvalue weighted by molar-refractivity contribution is -0.130. The molecule has 0 radical (unpaired) electrons. The average Bonchev–Trinajstić information content (AvgIpc) is 3.40. The van der Waals surface area contributed by atoms with Crippen LogP contribution in [0.3, 0.4) is 0 Å². The van der Waals surface area contributed by atoms with Crippen molar-refractivity contribution in [2.24, 2.45) is 5.92 Å². The average molecular weight is 432 g/mol. The Kier molecular flexibility index (Phi) is 6.26. The van der Waals surface area contributed by atoms with Crippen LogP contribution in [0, 0.1) is 5.92 Å². The number of benzene rings is 2. The van der Waals surface area contributed by atoms with Gasteiger partial charge in [0.1, 0.15) is 0 Å². The van der Waals surface area contributed by atoms with E-state index >= 15 is 0 Å². The Labute approximate surface area is 191 Å². The summed E-state index contributed by atoms with van der Waals surface area (Å²) in [5.41, 5.74) is 3.56. The zero-order valence-corrected chi connectivity index (χ0v) is 18.8. The largest absolute Gasteiger partial charge is 0.341 e. The molecule has 2 saturated heterocycles. The number of rotatable bonds is 5. The van der Waals surface area contributed by atoms with Crippen molar-refractivity contribution in [3.63, 3.8) is 0 Å². The second-order valence-electron chi connectivity index (χ2n) is 9.50. The molecular weight excluding hydrogens is 398 g/mol. The standard InChI is InChI=1S/C27H33N3O2/c31-26(14-13-21-8-2-1-3-9-21)29-18-23-11-6-7-16-28(25(23)19-29)20-27(32)30-17-15-22-10-4-5-12-24(22)30/h1-5,8-10,12,23,25H,6-7,11,13-20H2/t23-,25+/m0/s1. The fraction of sp³-hybridized carbons (Fsp3) is 0.481. The lowest BCUT2D eigenvalue weighted by atomic mass is 9.98. The third-order valence-corrected chi connectivity index (χ3v) is 7.50. The molecule has 3 aliphatic rings. The second-order valence-corrected chi connectivity index (χ2v) is 9.50. The van der Waals surface area contributed by atoms with Crippen molar-refractivity contribution in [3.8, 4) is 0 Å². The monoisotopic (exact) mass is 431 g/mol. The fourth-order valence-electron chi connectivity index (χ4n) is 5.75. The van der Waals surface area contributed by atoms with Gasteiger partial charge in [0.2, 0.25) is 11.8 Å². The Morgan fingerprint density at radius 2 is 1.69 bits per heavy atom. The number of likely N-dealkylation sites (tertiary alicyclic amines) is 2. The van der Waals surface area contributed by atoms with E-state index in [0.29, 0.717) is 24.9 Å². The topological polar surface area (TPSA) is 43.9 Å². The van der Waals surface area contributed by atoms with Crippen molar-refractivity contribution >= 4 is 17.5 Å². The van der Waals surface area contributed by atoms with Gasteiger partial charge in [0, 0.05) is 37.8 Å². The molecule has 2 amide bonds. The van der Waals surface area contributed by atoms with Crippen molar-refractivity contribution in [1.82, 2.24) is 9.80 Å². The fourth-order valence-corrected chi connectivity index (χ4v) is 5.75. The van der Waals surface area contributed by atoms with Crippen LogP contribution in [0.4, 0.5) is 5.69 Å². The van der Waals surface area contributed by atoms with Crippen LogP contribution in [-0.2, 0) is 22.4 Å². The summed E-state index contributed by atoms with van der Waals surface area (Å²) < 4.78 is 0. The predicted octanol–water partition coefficient (Wildman–Crippen LogP) is 3.52. The maximum Gasteiger partial charge on any atom is 0.241 e. The summed E-state index contributed by atoms with van der Waals surface area (Å²) >= 11 is 0. The molecule has 0 saturated carbocycles. The number of anilines is 1. The molecule has 0 aliphatic carbocycles. The van der Waals surface area contributed by atoms with E-state index in [0.717, 1.165) is 57.5 Å². The molecule has 2 fully saturated rings. The molecule has 3 aliphatic heterocycles. The number of nitrogens with zero attached hydrogens (tertiary/aromatic N) is 3. The number of amides is 2. The third kappa shape index (κ3) is 4.44. The number of carbonyl (C=O) groups is 2. The zero-order chi connectivity index (χ0) is 21.9. The summed E-state index contributed by atoms with van der Waals surface area (Å²) in [4.78, 5) is 32.6. The van der Waals surface area contributed by atoms with E-state index in [1.54, 1.807) is 0 Å². The molecule has 0 N–H and O–H groups in total. The van der Waals surface area contributed by atoms with Crippen LogP contribution in [-0.4, -0.2) is 60.4 Å². The van der Waals surface area contributed by atoms with E-state index in [-0.39, 0.29) is 11.8 Å². The molecule has 2 aromatic rings. The minimum atomic E-state index is 0.199. The molecular formula is C27H33N3O2. The van der Waals surface area contributed by atoms with Gasteiger partial charge in [-0.05, 0) is 55.3 Å². The van der Waals surface area contributed by atoms with E-state index in [4.69, 9.17) is 0 Å². The van der Waals surface area contributed by atoms with Gasteiger partial charge in [-0.25, -0.2) is 0 Å². The van der Waals surface area contributed by atoms with Crippen molar-refractivity contribution in [1.29, 1.82) is 0 Å². The Morgan fingerprint density at radius 3 is 2.56 bits per heavy atom. The van der Waals surface area contributed by atoms with Crippen LogP contribution >= 0.6 is 0 Å². The van der Waals surface area contributed by atoms with Crippen LogP contribution in [0.5, 0.6) is 0 Å². The summed E-state index contributed by atoms with van der Waals surface area (Å²) in [6.07, 6.45) is 5.78. The van der Waals surface area contributed by atoms with Crippen LogP contribution in [0.15, 0.2) is 54.6 Å². The molecule has 5 heteroatoms. The number of hydrogen-bond donors (Lipinski definition) is 0. The molecule has 2 atom stereocenters. The van der Waals surface area contributed by atoms with E-state index in [2.05, 4.69) is 34.1 Å². The normalized spacial score (nSPS) is 23.0. The van der Waals surface area contributed by atoms with E-state index in [1.807, 2.05) is 35.2 Å². The lowest BCUT2D eigenvalue weighted by Gasteiger charge is -2.31. The second kappa shape index (κ2) is 9.45. The molecule has 5 nitrogen and oxygen atoms in total. The van der Waals surface area contributed by atoms with Gasteiger partial charge in [-0.3, -0.25) is 14.5 Å². The molecule has 168 valence electrons. The Bertz CT molecular complexity index is 960. The highest BCUT2D eigenvalue weighted by Gasteiger charge is 2.40. The van der Waals surface area contributed by atoms with Crippen LogP contribution in [0.1, 0.15) is 36.8 Å². The lowest BCUT2D eigenvalue weighted by Crippen LogP contribution is -2.47. The molecule has 0 unspecified atom stereocenters. The van der Waals surface area contributed by atoms with Gasteiger partial charge in [-0.2, -0.15) is 0 Å². The number of carbonyl (C=O) groups excluding carboxylic acids is 2. The molecule has 0 aromatic heterocycles. The van der Waals surface area contributed by atoms with Crippen LogP contribution in [0.2, 0.25) is 0 Å². The highest BCUT2D eigenvalue weighted by Crippen LogP contribution is 2.32. The number of fused-ring (bicyclic) bond motifs is 2. The van der Waals surface area contributed by atoms with Gasteiger partial charge < -0.3 is 9.80 Å². The Balaban J connectivity index is 1.22. The SMILES string of the molecule is O=C(CCc1ccccc1)N1C[C@@H]2CCCCN(CC(=O)N3CCc4ccccc43)[C@@H]2C1. The van der Waals surface area contributed by atoms with E-state index < -0.39 is 0 Å². The van der Waals surface area contributed by atoms with E-state index in [9.17, 15) is 9.59 Å². The zero-order valence-electron chi connectivity index (χ0n) is 18.8. The van der Waals surface area contributed by atoms with Crippen molar-refractivity contribution in [2.75, 3.05) is 37.6 Å². The summed E-state index contributed by atoms with van der Waals surface area (Å²) in [6, 6.07) is 18.8. The number of aryl methyl sites for hydroxylation is 1. The summed E-state index contributed by atoms with van der Waals surface area (Å²) in [7, 11) is 0. The van der Waals surface area contributed by atoms with Gasteiger partial charge in [0.05, 0.1) is 6.54 Å². The summed E-state index contributed by atoms with van der Waals surface area (Å²) in [6.45, 7) is 3.80. The Hall–Kier alpha value is -2.66. The minimum Gasteiger partial charge on any atom is -0.341 e. The van der Waals surface area contributed by atoms with Gasteiger partial charge in [0.25, 0.3) is 0 Å². The molecule has 2 aromatic carbocycles. The molecule has 0 bridgehead atoms. The van der Waals surface area contributed by atoms with Crippen molar-refractivity contribution in [3.05, 3.63) is 65.7 Å². The first-order valence-corrected chi connectivity index (χ1v) is 12.1. The first-order valence-electron chi connectivity index (χ1n) is 12.1. The predicted molar refractivity (Wildman–Crippen MR) is 127 cm³/mol. The van der Waals surface area contributed by atoms with E-state index in [1.165, 1.54) is 17.5 Å². The van der Waals surface area contributed by atoms with Crippen LogP contribution < -0.4 is 4.90 Å². The smallest absolute Gasteiger partial charge is 0.241 e. The molecule has 3 heterocycles.